The van der Waals surface area contributed by atoms with E-state index in [0.29, 0.717) is 6.54 Å². The third-order valence-electron chi connectivity index (χ3n) is 3.03. The number of fused-ring (bicyclic) bond motifs is 1. The van der Waals surface area contributed by atoms with E-state index in [1.165, 1.54) is 10.8 Å². The minimum absolute atomic E-state index is 0.0329. The van der Waals surface area contributed by atoms with E-state index in [1.54, 1.807) is 6.08 Å². The molecule has 0 aliphatic rings. The molecule has 2 aromatic rings. The summed E-state index contributed by atoms with van der Waals surface area (Å²) >= 11 is 0. The van der Waals surface area contributed by atoms with Crippen molar-refractivity contribution in [2.75, 3.05) is 6.54 Å². The Balaban J connectivity index is 2.10. The highest BCUT2D eigenvalue weighted by molar-refractivity contribution is 5.83. The first kappa shape index (κ1) is 13.1. The Hall–Kier alpha value is -2.29. The number of urea groups is 1. The Bertz CT molecular complexity index is 592. The van der Waals surface area contributed by atoms with Crippen molar-refractivity contribution < 1.29 is 4.79 Å². The third-order valence-corrected chi connectivity index (χ3v) is 3.03. The molecule has 2 N–H and O–H groups in total. The number of carbonyl (C=O) groups excluding carboxylic acids is 1. The van der Waals surface area contributed by atoms with Crippen LogP contribution in [-0.2, 0) is 0 Å². The smallest absolute Gasteiger partial charge is 0.315 e. The summed E-state index contributed by atoms with van der Waals surface area (Å²) in [6.45, 7) is 6.00. The number of hydrogen-bond donors (Lipinski definition) is 2. The summed E-state index contributed by atoms with van der Waals surface area (Å²) in [5.41, 5.74) is 1.09. The fourth-order valence-corrected chi connectivity index (χ4v) is 1.97. The standard InChI is InChI=1S/C16H18N2O/c1-3-10-17-16(19)18-12(2)14-9-8-13-6-4-5-7-15(13)11-14/h3-9,11-12H,1,10H2,2H3,(H2,17,18,19). The van der Waals surface area contributed by atoms with E-state index in [1.807, 2.05) is 25.1 Å². The average molecular weight is 254 g/mol. The highest BCUT2D eigenvalue weighted by Gasteiger charge is 2.08. The molecule has 1 unspecified atom stereocenters. The molecule has 0 aromatic heterocycles. The maximum Gasteiger partial charge on any atom is 0.315 e. The van der Waals surface area contributed by atoms with Crippen molar-refractivity contribution >= 4 is 16.8 Å². The van der Waals surface area contributed by atoms with Gasteiger partial charge in [0.1, 0.15) is 0 Å². The van der Waals surface area contributed by atoms with E-state index in [4.69, 9.17) is 0 Å². The molecule has 0 bridgehead atoms. The van der Waals surface area contributed by atoms with Gasteiger partial charge in [-0.15, -0.1) is 6.58 Å². The molecule has 0 heterocycles. The zero-order valence-corrected chi connectivity index (χ0v) is 11.0. The zero-order valence-electron chi connectivity index (χ0n) is 11.0. The molecule has 0 saturated carbocycles. The Labute approximate surface area is 113 Å². The predicted octanol–water partition coefficient (Wildman–Crippen LogP) is 3.39. The van der Waals surface area contributed by atoms with Crippen molar-refractivity contribution in [3.63, 3.8) is 0 Å². The minimum atomic E-state index is -0.180. The van der Waals surface area contributed by atoms with Gasteiger partial charge in [-0.1, -0.05) is 42.5 Å². The summed E-state index contributed by atoms with van der Waals surface area (Å²) < 4.78 is 0. The van der Waals surface area contributed by atoms with Crippen LogP contribution in [0.25, 0.3) is 10.8 Å². The monoisotopic (exact) mass is 254 g/mol. The molecule has 0 aliphatic heterocycles. The van der Waals surface area contributed by atoms with Gasteiger partial charge in [-0.3, -0.25) is 0 Å². The van der Waals surface area contributed by atoms with Crippen molar-refractivity contribution in [1.82, 2.24) is 10.6 Å². The summed E-state index contributed by atoms with van der Waals surface area (Å²) in [5.74, 6) is 0. The topological polar surface area (TPSA) is 41.1 Å². The van der Waals surface area contributed by atoms with Crippen LogP contribution in [0.3, 0.4) is 0 Å². The van der Waals surface area contributed by atoms with E-state index < -0.39 is 0 Å². The molecule has 2 aromatic carbocycles. The summed E-state index contributed by atoms with van der Waals surface area (Å²) in [4.78, 5) is 11.6. The Kier molecular flexibility index (Phi) is 4.18. The average Bonchev–Trinajstić information content (AvgIpc) is 2.44. The quantitative estimate of drug-likeness (QED) is 0.807. The van der Waals surface area contributed by atoms with E-state index in [2.05, 4.69) is 41.5 Å². The molecule has 0 saturated heterocycles. The fraction of sp³-hybridized carbons (Fsp3) is 0.188. The Morgan fingerprint density at radius 2 is 2.00 bits per heavy atom. The lowest BCUT2D eigenvalue weighted by Gasteiger charge is -2.15. The van der Waals surface area contributed by atoms with Crippen LogP contribution in [0.15, 0.2) is 55.1 Å². The first-order chi connectivity index (χ1) is 9.20. The second-order valence-corrected chi connectivity index (χ2v) is 4.47. The first-order valence-electron chi connectivity index (χ1n) is 6.34. The van der Waals surface area contributed by atoms with Crippen molar-refractivity contribution in [3.8, 4) is 0 Å². The molecule has 0 radical (unpaired) electrons. The lowest BCUT2D eigenvalue weighted by Crippen LogP contribution is -2.37. The van der Waals surface area contributed by atoms with Crippen molar-refractivity contribution in [1.29, 1.82) is 0 Å². The van der Waals surface area contributed by atoms with Crippen LogP contribution in [0.2, 0.25) is 0 Å². The fourth-order valence-electron chi connectivity index (χ4n) is 1.97. The molecule has 3 nitrogen and oxygen atoms in total. The number of hydrogen-bond acceptors (Lipinski definition) is 1. The van der Waals surface area contributed by atoms with Gasteiger partial charge in [0.05, 0.1) is 6.04 Å². The van der Waals surface area contributed by atoms with Gasteiger partial charge in [-0.2, -0.15) is 0 Å². The molecule has 0 spiro atoms. The van der Waals surface area contributed by atoms with E-state index >= 15 is 0 Å². The lowest BCUT2D eigenvalue weighted by molar-refractivity contribution is 0.239. The molecule has 19 heavy (non-hydrogen) atoms. The number of benzene rings is 2. The lowest BCUT2D eigenvalue weighted by atomic mass is 10.0. The van der Waals surface area contributed by atoms with Crippen LogP contribution < -0.4 is 10.6 Å². The van der Waals surface area contributed by atoms with Crippen LogP contribution in [-0.4, -0.2) is 12.6 Å². The summed E-state index contributed by atoms with van der Waals surface area (Å²) in [5, 5.41) is 7.98. The number of rotatable bonds is 4. The van der Waals surface area contributed by atoms with Gasteiger partial charge < -0.3 is 10.6 Å². The van der Waals surface area contributed by atoms with Crippen molar-refractivity contribution in [3.05, 3.63) is 60.7 Å². The SMILES string of the molecule is C=CCNC(=O)NC(C)c1ccc2ccccc2c1. The van der Waals surface area contributed by atoms with Crippen LogP contribution >= 0.6 is 0 Å². The molecule has 0 fully saturated rings. The number of nitrogens with one attached hydrogen (secondary N) is 2. The van der Waals surface area contributed by atoms with Gasteiger partial charge in [0.2, 0.25) is 0 Å². The summed E-state index contributed by atoms with van der Waals surface area (Å²) in [7, 11) is 0. The molecule has 2 rings (SSSR count). The minimum Gasteiger partial charge on any atom is -0.335 e. The maximum absolute atomic E-state index is 11.6. The highest BCUT2D eigenvalue weighted by atomic mass is 16.2. The molecule has 2 amide bonds. The predicted molar refractivity (Wildman–Crippen MR) is 79.1 cm³/mol. The first-order valence-corrected chi connectivity index (χ1v) is 6.34. The zero-order chi connectivity index (χ0) is 13.7. The summed E-state index contributed by atoms with van der Waals surface area (Å²) in [6, 6.07) is 14.2. The molecule has 3 heteroatoms. The van der Waals surface area contributed by atoms with Crippen LogP contribution in [0.1, 0.15) is 18.5 Å². The van der Waals surface area contributed by atoms with Crippen LogP contribution in [0.5, 0.6) is 0 Å². The second-order valence-electron chi connectivity index (χ2n) is 4.47. The van der Waals surface area contributed by atoms with E-state index in [9.17, 15) is 4.79 Å². The van der Waals surface area contributed by atoms with Gasteiger partial charge in [-0.25, -0.2) is 4.79 Å². The largest absolute Gasteiger partial charge is 0.335 e. The maximum atomic E-state index is 11.6. The van der Waals surface area contributed by atoms with Gasteiger partial charge in [0, 0.05) is 6.54 Å². The molecule has 0 aliphatic carbocycles. The van der Waals surface area contributed by atoms with Gasteiger partial charge in [0.25, 0.3) is 0 Å². The summed E-state index contributed by atoms with van der Waals surface area (Å²) in [6.07, 6.45) is 1.65. The highest BCUT2D eigenvalue weighted by Crippen LogP contribution is 2.20. The molecule has 98 valence electrons. The Morgan fingerprint density at radius 3 is 2.74 bits per heavy atom. The number of amides is 2. The Morgan fingerprint density at radius 1 is 1.26 bits per heavy atom. The van der Waals surface area contributed by atoms with E-state index in [0.717, 1.165) is 5.56 Å². The number of carbonyl (C=O) groups is 1. The van der Waals surface area contributed by atoms with Gasteiger partial charge in [0.15, 0.2) is 0 Å². The normalized spacial score (nSPS) is 11.8. The third kappa shape index (κ3) is 3.35. The van der Waals surface area contributed by atoms with Crippen molar-refractivity contribution in [2.45, 2.75) is 13.0 Å². The van der Waals surface area contributed by atoms with Gasteiger partial charge in [-0.05, 0) is 29.3 Å². The molecular formula is C16H18N2O. The van der Waals surface area contributed by atoms with Gasteiger partial charge >= 0.3 is 6.03 Å². The van der Waals surface area contributed by atoms with Crippen LogP contribution in [0.4, 0.5) is 4.79 Å². The molecular weight excluding hydrogens is 236 g/mol. The molecule has 1 atom stereocenters. The van der Waals surface area contributed by atoms with Crippen LogP contribution in [0, 0.1) is 0 Å². The van der Waals surface area contributed by atoms with Crippen molar-refractivity contribution in [2.24, 2.45) is 0 Å². The second kappa shape index (κ2) is 6.05. The van der Waals surface area contributed by atoms with E-state index in [-0.39, 0.29) is 12.1 Å².